The van der Waals surface area contributed by atoms with Crippen molar-refractivity contribution in [1.29, 1.82) is 0 Å². The van der Waals surface area contributed by atoms with Gasteiger partial charge in [-0.2, -0.15) is 0 Å². The Bertz CT molecular complexity index is 641. The first-order chi connectivity index (χ1) is 9.50. The van der Waals surface area contributed by atoms with Crippen LogP contribution in [0.2, 0.25) is 10.0 Å². The fraction of sp³-hybridized carbons (Fsp3) is 0.133. The molecule has 3 nitrogen and oxygen atoms in total. The van der Waals surface area contributed by atoms with E-state index in [4.69, 9.17) is 28.3 Å². The summed E-state index contributed by atoms with van der Waals surface area (Å²) in [7, 11) is 0. The molecular formula is C15H12Cl2O3. The SMILES string of the molecule is O=C(O)c1ccccc1CC(O)c1cccc(Cl)c1Cl. The number of aliphatic hydroxyl groups excluding tert-OH is 1. The number of aliphatic hydroxyl groups is 1. The molecule has 0 heterocycles. The molecule has 2 aromatic rings. The van der Waals surface area contributed by atoms with Crippen molar-refractivity contribution in [3.05, 3.63) is 69.2 Å². The highest BCUT2D eigenvalue weighted by Crippen LogP contribution is 2.31. The van der Waals surface area contributed by atoms with Gasteiger partial charge in [0.25, 0.3) is 0 Å². The summed E-state index contributed by atoms with van der Waals surface area (Å²) >= 11 is 12.0. The monoisotopic (exact) mass is 310 g/mol. The lowest BCUT2D eigenvalue weighted by Crippen LogP contribution is -2.08. The van der Waals surface area contributed by atoms with Crippen molar-refractivity contribution >= 4 is 29.2 Å². The second-order valence-corrected chi connectivity index (χ2v) is 5.11. The summed E-state index contributed by atoms with van der Waals surface area (Å²) in [6.45, 7) is 0. The van der Waals surface area contributed by atoms with Gasteiger partial charge in [0.05, 0.1) is 21.7 Å². The minimum atomic E-state index is -1.02. The molecule has 2 rings (SSSR count). The Morgan fingerprint density at radius 3 is 2.50 bits per heavy atom. The maximum atomic E-state index is 11.1. The predicted molar refractivity (Wildman–Crippen MR) is 78.5 cm³/mol. The highest BCUT2D eigenvalue weighted by atomic mass is 35.5. The van der Waals surface area contributed by atoms with Gasteiger partial charge in [0, 0.05) is 12.0 Å². The topological polar surface area (TPSA) is 57.5 Å². The van der Waals surface area contributed by atoms with E-state index < -0.39 is 12.1 Å². The Hall–Kier alpha value is -1.55. The van der Waals surface area contributed by atoms with E-state index >= 15 is 0 Å². The molecule has 0 aliphatic heterocycles. The molecule has 0 amide bonds. The highest BCUT2D eigenvalue weighted by Gasteiger charge is 2.17. The van der Waals surface area contributed by atoms with Crippen LogP contribution in [0.5, 0.6) is 0 Å². The molecule has 1 atom stereocenters. The summed E-state index contributed by atoms with van der Waals surface area (Å²) < 4.78 is 0. The first kappa shape index (κ1) is 14.9. The van der Waals surface area contributed by atoms with Gasteiger partial charge in [-0.25, -0.2) is 4.79 Å². The van der Waals surface area contributed by atoms with Crippen LogP contribution in [0.25, 0.3) is 0 Å². The molecule has 0 bridgehead atoms. The Morgan fingerprint density at radius 1 is 1.10 bits per heavy atom. The average Bonchev–Trinajstić information content (AvgIpc) is 2.42. The molecule has 2 N–H and O–H groups in total. The van der Waals surface area contributed by atoms with E-state index in [9.17, 15) is 9.90 Å². The first-order valence-electron chi connectivity index (χ1n) is 5.94. The van der Waals surface area contributed by atoms with Gasteiger partial charge in [-0.1, -0.05) is 53.5 Å². The molecule has 0 saturated carbocycles. The number of carboxylic acid groups (broad SMARTS) is 1. The first-order valence-corrected chi connectivity index (χ1v) is 6.69. The van der Waals surface area contributed by atoms with Crippen molar-refractivity contribution in [2.75, 3.05) is 0 Å². The van der Waals surface area contributed by atoms with Crippen LogP contribution >= 0.6 is 23.2 Å². The Balaban J connectivity index is 2.30. The van der Waals surface area contributed by atoms with Crippen LogP contribution in [0.1, 0.15) is 27.6 Å². The summed E-state index contributed by atoms with van der Waals surface area (Å²) in [5, 5.41) is 20.0. The quantitative estimate of drug-likeness (QED) is 0.898. The van der Waals surface area contributed by atoms with Gasteiger partial charge in [0.2, 0.25) is 0 Å². The molecule has 2 aromatic carbocycles. The molecule has 5 heteroatoms. The summed E-state index contributed by atoms with van der Waals surface area (Å²) in [5.41, 5.74) is 1.20. The molecule has 0 spiro atoms. The zero-order valence-electron chi connectivity index (χ0n) is 10.4. The number of hydrogen-bond donors (Lipinski definition) is 2. The smallest absolute Gasteiger partial charge is 0.335 e. The molecule has 104 valence electrons. The average molecular weight is 311 g/mol. The zero-order valence-corrected chi connectivity index (χ0v) is 11.9. The molecule has 0 aromatic heterocycles. The van der Waals surface area contributed by atoms with Gasteiger partial charge < -0.3 is 10.2 Å². The van der Waals surface area contributed by atoms with E-state index in [-0.39, 0.29) is 17.0 Å². The van der Waals surface area contributed by atoms with Crippen molar-refractivity contribution in [1.82, 2.24) is 0 Å². The lowest BCUT2D eigenvalue weighted by atomic mass is 9.97. The lowest BCUT2D eigenvalue weighted by Gasteiger charge is -2.14. The molecule has 0 aliphatic rings. The molecule has 0 fully saturated rings. The fourth-order valence-corrected chi connectivity index (χ4v) is 2.44. The Kier molecular flexibility index (Phi) is 4.65. The normalized spacial score (nSPS) is 12.2. The lowest BCUT2D eigenvalue weighted by molar-refractivity contribution is 0.0695. The Morgan fingerprint density at radius 2 is 1.80 bits per heavy atom. The second-order valence-electron chi connectivity index (χ2n) is 4.33. The third-order valence-corrected chi connectivity index (χ3v) is 3.84. The molecule has 0 aliphatic carbocycles. The summed E-state index contributed by atoms with van der Waals surface area (Å²) in [5.74, 6) is -1.02. The maximum absolute atomic E-state index is 11.1. The Labute approximate surface area is 126 Å². The fourth-order valence-electron chi connectivity index (χ4n) is 2.00. The van der Waals surface area contributed by atoms with Crippen LogP contribution in [0.3, 0.4) is 0 Å². The number of halogens is 2. The molecular weight excluding hydrogens is 299 g/mol. The van der Waals surface area contributed by atoms with Crippen molar-refractivity contribution < 1.29 is 15.0 Å². The third-order valence-electron chi connectivity index (χ3n) is 3.00. The van der Waals surface area contributed by atoms with E-state index in [1.807, 2.05) is 0 Å². The summed E-state index contributed by atoms with van der Waals surface area (Å²) in [6, 6.07) is 11.5. The minimum absolute atomic E-state index is 0.155. The van der Waals surface area contributed by atoms with Crippen LogP contribution in [0.15, 0.2) is 42.5 Å². The van der Waals surface area contributed by atoms with E-state index in [1.165, 1.54) is 6.07 Å². The van der Waals surface area contributed by atoms with E-state index in [0.717, 1.165) is 0 Å². The van der Waals surface area contributed by atoms with Crippen LogP contribution in [-0.4, -0.2) is 16.2 Å². The zero-order chi connectivity index (χ0) is 14.7. The molecule has 1 unspecified atom stereocenters. The second kappa shape index (κ2) is 6.27. The van der Waals surface area contributed by atoms with Gasteiger partial charge in [0.1, 0.15) is 0 Å². The number of benzene rings is 2. The highest BCUT2D eigenvalue weighted by molar-refractivity contribution is 6.42. The van der Waals surface area contributed by atoms with Crippen LogP contribution in [0.4, 0.5) is 0 Å². The molecule has 0 saturated heterocycles. The standard InChI is InChI=1S/C15H12Cl2O3/c16-12-7-3-6-11(14(12)17)13(18)8-9-4-1-2-5-10(9)15(19)20/h1-7,13,18H,8H2,(H,19,20). The van der Waals surface area contributed by atoms with Crippen molar-refractivity contribution in [3.63, 3.8) is 0 Å². The van der Waals surface area contributed by atoms with Crippen LogP contribution in [0, 0.1) is 0 Å². The summed E-state index contributed by atoms with van der Waals surface area (Å²) in [4.78, 5) is 11.1. The van der Waals surface area contributed by atoms with E-state index in [2.05, 4.69) is 0 Å². The maximum Gasteiger partial charge on any atom is 0.335 e. The van der Waals surface area contributed by atoms with E-state index in [1.54, 1.807) is 36.4 Å². The predicted octanol–water partition coefficient (Wildman–Crippen LogP) is 3.97. The minimum Gasteiger partial charge on any atom is -0.478 e. The van der Waals surface area contributed by atoms with Crippen LogP contribution < -0.4 is 0 Å². The number of carboxylic acids is 1. The molecule has 20 heavy (non-hydrogen) atoms. The van der Waals surface area contributed by atoms with Gasteiger partial charge in [0.15, 0.2) is 0 Å². The van der Waals surface area contributed by atoms with Crippen molar-refractivity contribution in [3.8, 4) is 0 Å². The number of carbonyl (C=O) groups is 1. The van der Waals surface area contributed by atoms with Crippen LogP contribution in [-0.2, 0) is 6.42 Å². The summed E-state index contributed by atoms with van der Waals surface area (Å²) in [6.07, 6.45) is -0.760. The van der Waals surface area contributed by atoms with Gasteiger partial charge in [-0.3, -0.25) is 0 Å². The van der Waals surface area contributed by atoms with Crippen molar-refractivity contribution in [2.24, 2.45) is 0 Å². The third kappa shape index (κ3) is 3.12. The molecule has 0 radical (unpaired) electrons. The largest absolute Gasteiger partial charge is 0.478 e. The van der Waals surface area contributed by atoms with Gasteiger partial charge >= 0.3 is 5.97 Å². The van der Waals surface area contributed by atoms with Crippen molar-refractivity contribution in [2.45, 2.75) is 12.5 Å². The number of rotatable bonds is 4. The van der Waals surface area contributed by atoms with Gasteiger partial charge in [-0.15, -0.1) is 0 Å². The number of hydrogen-bond acceptors (Lipinski definition) is 2. The van der Waals surface area contributed by atoms with E-state index in [0.29, 0.717) is 16.1 Å². The van der Waals surface area contributed by atoms with Gasteiger partial charge in [-0.05, 0) is 17.7 Å². The number of aromatic carboxylic acids is 1.